The van der Waals surface area contributed by atoms with Crippen LogP contribution >= 0.6 is 0 Å². The summed E-state index contributed by atoms with van der Waals surface area (Å²) in [5.41, 5.74) is 6.00. The first-order valence-electron chi connectivity index (χ1n) is 6.09. The molecule has 5 heteroatoms. The van der Waals surface area contributed by atoms with Gasteiger partial charge in [0.1, 0.15) is 11.5 Å². The number of ether oxygens (including phenoxy) is 1. The largest absolute Gasteiger partial charge is 0.469 e. The summed E-state index contributed by atoms with van der Waals surface area (Å²) in [6, 6.07) is 3.47. The molecule has 18 heavy (non-hydrogen) atoms. The highest BCUT2D eigenvalue weighted by molar-refractivity contribution is 5.69. The number of hydrogen-bond donors (Lipinski definition) is 2. The predicted molar refractivity (Wildman–Crippen MR) is 64.9 cm³/mol. The minimum absolute atomic E-state index is 0.141. The van der Waals surface area contributed by atoms with E-state index in [1.165, 1.54) is 7.11 Å². The van der Waals surface area contributed by atoms with Crippen LogP contribution in [0.25, 0.3) is 0 Å². The van der Waals surface area contributed by atoms with E-state index < -0.39 is 6.10 Å². The molecule has 100 valence electrons. The molecule has 1 heterocycles. The lowest BCUT2D eigenvalue weighted by molar-refractivity contribution is -0.142. The van der Waals surface area contributed by atoms with E-state index in [4.69, 9.17) is 10.2 Å². The van der Waals surface area contributed by atoms with Gasteiger partial charge in [0.15, 0.2) is 0 Å². The Labute approximate surface area is 106 Å². The fourth-order valence-corrected chi connectivity index (χ4v) is 2.74. The second kappa shape index (κ2) is 5.12. The van der Waals surface area contributed by atoms with Gasteiger partial charge in [0.05, 0.1) is 19.6 Å². The molecule has 0 bridgehead atoms. The molecule has 1 aliphatic carbocycles. The van der Waals surface area contributed by atoms with Crippen LogP contribution in [0.4, 0.5) is 0 Å². The first-order chi connectivity index (χ1) is 8.52. The number of rotatable bonds is 3. The summed E-state index contributed by atoms with van der Waals surface area (Å²) in [5, 5.41) is 10.1. The second-order valence-electron chi connectivity index (χ2n) is 4.89. The maximum atomic E-state index is 11.4. The molecule has 1 fully saturated rings. The summed E-state index contributed by atoms with van der Waals surface area (Å²) in [6.07, 6.45) is 0.116. The molecule has 4 unspecified atom stereocenters. The number of methoxy groups -OCH3 is 1. The van der Waals surface area contributed by atoms with E-state index >= 15 is 0 Å². The topological polar surface area (TPSA) is 85.7 Å². The molecule has 1 aromatic rings. The average molecular weight is 253 g/mol. The smallest absolute Gasteiger partial charge is 0.305 e. The van der Waals surface area contributed by atoms with Crippen molar-refractivity contribution in [2.75, 3.05) is 7.11 Å². The molecule has 0 radical (unpaired) electrons. The molecule has 4 atom stereocenters. The minimum atomic E-state index is -0.569. The summed E-state index contributed by atoms with van der Waals surface area (Å²) < 4.78 is 10.2. The van der Waals surface area contributed by atoms with Crippen LogP contribution < -0.4 is 5.73 Å². The van der Waals surface area contributed by atoms with Crippen molar-refractivity contribution in [2.45, 2.75) is 37.8 Å². The highest BCUT2D eigenvalue weighted by atomic mass is 16.5. The number of hydrogen-bond acceptors (Lipinski definition) is 5. The van der Waals surface area contributed by atoms with Crippen LogP contribution in [0.2, 0.25) is 0 Å². The number of nitrogens with two attached hydrogens (primary N) is 1. The standard InChI is InChI=1S/C13H19NO4/c1-7-3-4-11(18-7)13-8(5-12(16)17-2)9(14)6-10(13)15/h3-4,8-10,13,15H,5-6,14H2,1-2H3. The third kappa shape index (κ3) is 2.42. The third-order valence-electron chi connectivity index (χ3n) is 3.66. The van der Waals surface area contributed by atoms with Crippen LogP contribution in [0, 0.1) is 12.8 Å². The summed E-state index contributed by atoms with van der Waals surface area (Å²) in [4.78, 5) is 11.4. The quantitative estimate of drug-likeness (QED) is 0.783. The number of carbonyl (C=O) groups is 1. The van der Waals surface area contributed by atoms with E-state index in [2.05, 4.69) is 4.74 Å². The number of carbonyl (C=O) groups excluding carboxylic acids is 1. The number of furan rings is 1. The van der Waals surface area contributed by atoms with Crippen molar-refractivity contribution >= 4 is 5.97 Å². The molecule has 3 N–H and O–H groups in total. The van der Waals surface area contributed by atoms with E-state index in [0.717, 1.165) is 5.76 Å². The Kier molecular flexibility index (Phi) is 3.73. The molecule has 1 saturated carbocycles. The maximum Gasteiger partial charge on any atom is 0.305 e. The zero-order valence-electron chi connectivity index (χ0n) is 10.6. The van der Waals surface area contributed by atoms with Gasteiger partial charge in [0, 0.05) is 12.0 Å². The zero-order chi connectivity index (χ0) is 13.3. The zero-order valence-corrected chi connectivity index (χ0v) is 10.6. The third-order valence-corrected chi connectivity index (χ3v) is 3.66. The molecule has 5 nitrogen and oxygen atoms in total. The van der Waals surface area contributed by atoms with Crippen molar-refractivity contribution < 1.29 is 19.1 Å². The Balaban J connectivity index is 2.21. The molecular weight excluding hydrogens is 234 g/mol. The lowest BCUT2D eigenvalue weighted by atomic mass is 9.88. The van der Waals surface area contributed by atoms with Crippen LogP contribution in [-0.2, 0) is 9.53 Å². The summed E-state index contributed by atoms with van der Waals surface area (Å²) in [6.45, 7) is 1.85. The Morgan fingerprint density at radius 1 is 1.61 bits per heavy atom. The van der Waals surface area contributed by atoms with Crippen molar-refractivity contribution in [1.82, 2.24) is 0 Å². The molecule has 0 spiro atoms. The number of aryl methyl sites for hydroxylation is 1. The van der Waals surface area contributed by atoms with Crippen LogP contribution in [-0.4, -0.2) is 30.3 Å². The first-order valence-corrected chi connectivity index (χ1v) is 6.09. The molecule has 2 rings (SSSR count). The SMILES string of the molecule is COC(=O)CC1C(N)CC(O)C1c1ccc(C)o1. The van der Waals surface area contributed by atoms with Gasteiger partial charge >= 0.3 is 5.97 Å². The van der Waals surface area contributed by atoms with Crippen LogP contribution in [0.15, 0.2) is 16.5 Å². The van der Waals surface area contributed by atoms with E-state index in [1.54, 1.807) is 0 Å². The average Bonchev–Trinajstić information content (AvgIpc) is 2.84. The Hall–Kier alpha value is -1.33. The molecular formula is C13H19NO4. The highest BCUT2D eigenvalue weighted by Crippen LogP contribution is 2.41. The van der Waals surface area contributed by atoms with Crippen molar-refractivity contribution in [3.05, 3.63) is 23.7 Å². The molecule has 0 aromatic carbocycles. The molecule has 0 aliphatic heterocycles. The van der Waals surface area contributed by atoms with Gasteiger partial charge in [-0.15, -0.1) is 0 Å². The van der Waals surface area contributed by atoms with Gasteiger partial charge < -0.3 is 20.0 Å². The fourth-order valence-electron chi connectivity index (χ4n) is 2.74. The van der Waals surface area contributed by atoms with Gasteiger partial charge in [-0.05, 0) is 31.4 Å². The van der Waals surface area contributed by atoms with Crippen LogP contribution in [0.5, 0.6) is 0 Å². The Morgan fingerprint density at radius 2 is 2.33 bits per heavy atom. The molecule has 1 aromatic heterocycles. The number of esters is 1. The minimum Gasteiger partial charge on any atom is -0.469 e. The Morgan fingerprint density at radius 3 is 2.89 bits per heavy atom. The summed E-state index contributed by atoms with van der Waals surface area (Å²) >= 11 is 0. The van der Waals surface area contributed by atoms with Gasteiger partial charge in [-0.25, -0.2) is 0 Å². The lowest BCUT2D eigenvalue weighted by Gasteiger charge is -2.21. The van der Waals surface area contributed by atoms with Crippen molar-refractivity contribution in [3.8, 4) is 0 Å². The van der Waals surface area contributed by atoms with E-state index in [9.17, 15) is 9.90 Å². The van der Waals surface area contributed by atoms with Gasteiger partial charge in [0.25, 0.3) is 0 Å². The monoisotopic (exact) mass is 253 g/mol. The van der Waals surface area contributed by atoms with E-state index in [-0.39, 0.29) is 30.3 Å². The number of aliphatic hydroxyl groups is 1. The van der Waals surface area contributed by atoms with Crippen molar-refractivity contribution in [1.29, 1.82) is 0 Å². The summed E-state index contributed by atoms with van der Waals surface area (Å²) in [5.74, 6) is 0.806. The maximum absolute atomic E-state index is 11.4. The summed E-state index contributed by atoms with van der Waals surface area (Å²) in [7, 11) is 1.35. The fraction of sp³-hybridized carbons (Fsp3) is 0.615. The Bertz CT molecular complexity index is 428. The van der Waals surface area contributed by atoms with Gasteiger partial charge in [-0.3, -0.25) is 4.79 Å². The van der Waals surface area contributed by atoms with Crippen LogP contribution in [0.1, 0.15) is 30.3 Å². The van der Waals surface area contributed by atoms with Gasteiger partial charge in [-0.1, -0.05) is 0 Å². The van der Waals surface area contributed by atoms with Gasteiger partial charge in [0.2, 0.25) is 0 Å². The van der Waals surface area contributed by atoms with Crippen molar-refractivity contribution in [3.63, 3.8) is 0 Å². The van der Waals surface area contributed by atoms with E-state index in [1.807, 2.05) is 19.1 Å². The van der Waals surface area contributed by atoms with Crippen molar-refractivity contribution in [2.24, 2.45) is 11.7 Å². The number of aliphatic hydroxyl groups excluding tert-OH is 1. The predicted octanol–water partition coefficient (Wildman–Crippen LogP) is 0.943. The highest BCUT2D eigenvalue weighted by Gasteiger charge is 2.44. The first kappa shape index (κ1) is 13.1. The van der Waals surface area contributed by atoms with Crippen LogP contribution in [0.3, 0.4) is 0 Å². The second-order valence-corrected chi connectivity index (χ2v) is 4.89. The molecule has 0 saturated heterocycles. The van der Waals surface area contributed by atoms with E-state index in [0.29, 0.717) is 12.2 Å². The van der Waals surface area contributed by atoms with Gasteiger partial charge in [-0.2, -0.15) is 0 Å². The molecule has 1 aliphatic rings. The molecule has 0 amide bonds. The lowest BCUT2D eigenvalue weighted by Crippen LogP contribution is -2.29. The normalized spacial score (nSPS) is 31.6.